The van der Waals surface area contributed by atoms with E-state index < -0.39 is 0 Å². The number of likely N-dealkylation sites (N-methyl/N-ethyl adjacent to an activating group) is 1. The fraction of sp³-hybridized carbons (Fsp3) is 0.325. The molecule has 0 spiro atoms. The summed E-state index contributed by atoms with van der Waals surface area (Å²) in [5.41, 5.74) is 12.2. The molecule has 2 saturated heterocycles. The van der Waals surface area contributed by atoms with E-state index in [0.717, 1.165) is 120 Å². The number of para-hydroxylation sites is 1. The van der Waals surface area contributed by atoms with Gasteiger partial charge in [0.2, 0.25) is 5.91 Å². The van der Waals surface area contributed by atoms with Crippen molar-refractivity contribution in [2.45, 2.75) is 39.5 Å². The lowest BCUT2D eigenvalue weighted by atomic mass is 9.93. The lowest BCUT2D eigenvalue weighted by Crippen LogP contribution is -2.47. The molecule has 3 aliphatic heterocycles. The fourth-order valence-electron chi connectivity index (χ4n) is 7.35. The number of rotatable bonds is 4. The molecule has 5 heterocycles. The van der Waals surface area contributed by atoms with Crippen molar-refractivity contribution in [1.29, 1.82) is 0 Å². The summed E-state index contributed by atoms with van der Waals surface area (Å²) in [6.45, 7) is 9.79. The van der Waals surface area contributed by atoms with Crippen LogP contribution in [0, 0.1) is 13.8 Å². The average molecular weight is 638 g/mol. The molecule has 0 unspecified atom stereocenters. The Hall–Kier alpha value is -4.95. The number of piperidine rings is 1. The van der Waals surface area contributed by atoms with Gasteiger partial charge in [-0.1, -0.05) is 48.0 Å². The number of carbonyl (C=O) groups is 1. The van der Waals surface area contributed by atoms with Crippen molar-refractivity contribution in [2.75, 3.05) is 51.6 Å². The second kappa shape index (κ2) is 12.6. The molecule has 0 aliphatic carbocycles. The van der Waals surface area contributed by atoms with Gasteiger partial charge in [0.25, 0.3) is 0 Å². The van der Waals surface area contributed by atoms with Crippen molar-refractivity contribution in [3.63, 3.8) is 0 Å². The number of hydrogen-bond acceptors (Lipinski definition) is 6. The molecule has 48 heavy (non-hydrogen) atoms. The van der Waals surface area contributed by atoms with Crippen LogP contribution in [0.3, 0.4) is 0 Å². The second-order valence-corrected chi connectivity index (χ2v) is 13.6. The normalized spacial score (nSPS) is 16.6. The Balaban J connectivity index is 1.25. The average Bonchev–Trinajstić information content (AvgIpc) is 3.35. The summed E-state index contributed by atoms with van der Waals surface area (Å²) in [5, 5.41) is 3.69. The quantitative estimate of drug-likeness (QED) is 0.225. The first-order chi connectivity index (χ1) is 23.4. The zero-order valence-corrected chi connectivity index (χ0v) is 28.2. The third-order valence-electron chi connectivity index (χ3n) is 10.1. The number of nitrogens with one attached hydrogen (secondary N) is 1. The van der Waals surface area contributed by atoms with Gasteiger partial charge >= 0.3 is 0 Å². The van der Waals surface area contributed by atoms with Crippen molar-refractivity contribution in [3.05, 3.63) is 101 Å². The smallest absolute Gasteiger partial charge is 0.228 e. The van der Waals surface area contributed by atoms with Crippen molar-refractivity contribution < 1.29 is 4.79 Å². The van der Waals surface area contributed by atoms with E-state index in [0.29, 0.717) is 6.42 Å². The zero-order valence-electron chi connectivity index (χ0n) is 28.2. The first-order valence-corrected chi connectivity index (χ1v) is 17.3. The van der Waals surface area contributed by atoms with E-state index in [-0.39, 0.29) is 5.91 Å². The molecule has 3 aliphatic rings. The number of amides is 1. The van der Waals surface area contributed by atoms with Gasteiger partial charge in [0, 0.05) is 62.3 Å². The van der Waals surface area contributed by atoms with E-state index >= 15 is 0 Å². The highest BCUT2D eigenvalue weighted by molar-refractivity contribution is 6.08. The first-order valence-electron chi connectivity index (χ1n) is 17.3. The molecule has 8 rings (SSSR count). The van der Waals surface area contributed by atoms with Crippen LogP contribution >= 0.6 is 0 Å². The number of carbonyl (C=O) groups excluding carboxylic acids is 1. The van der Waals surface area contributed by atoms with Gasteiger partial charge in [0.1, 0.15) is 11.5 Å². The van der Waals surface area contributed by atoms with Gasteiger partial charge in [0.05, 0.1) is 29.2 Å². The molecule has 0 radical (unpaired) electrons. The number of piperazine rings is 1. The molecule has 2 aromatic heterocycles. The van der Waals surface area contributed by atoms with E-state index in [2.05, 4.69) is 119 Å². The number of pyridine rings is 1. The number of aryl methyl sites for hydroxylation is 2. The molecule has 8 heteroatoms. The molecule has 0 bridgehead atoms. The molecule has 8 nitrogen and oxygen atoms in total. The third kappa shape index (κ3) is 5.75. The Morgan fingerprint density at radius 2 is 1.56 bits per heavy atom. The SMILES string of the molecule is Cc1ccc(-c2nc3ccc(C)cn3c2CC(=O)N2CCCCC2)c(-c2ccc3c(c2)N=C(N2CCN(C)CC2)c2ccccc2N3)c1. The van der Waals surface area contributed by atoms with Crippen LogP contribution in [0.15, 0.2) is 84.0 Å². The molecule has 1 amide bonds. The Labute approximate surface area is 282 Å². The number of anilines is 2. The highest BCUT2D eigenvalue weighted by atomic mass is 16.2. The van der Waals surface area contributed by atoms with Gasteiger partial charge < -0.3 is 24.4 Å². The molecule has 5 aromatic rings. The molecule has 2 fully saturated rings. The van der Waals surface area contributed by atoms with E-state index in [1.807, 2.05) is 4.90 Å². The van der Waals surface area contributed by atoms with Gasteiger partial charge in [-0.3, -0.25) is 4.79 Å². The number of amidine groups is 1. The maximum atomic E-state index is 13.7. The Bertz CT molecular complexity index is 2050. The minimum Gasteiger partial charge on any atom is -0.353 e. The first kappa shape index (κ1) is 30.4. The fourth-order valence-corrected chi connectivity index (χ4v) is 7.35. The number of nitrogens with zero attached hydrogens (tertiary/aromatic N) is 6. The van der Waals surface area contributed by atoms with Crippen molar-refractivity contribution in [3.8, 4) is 22.4 Å². The third-order valence-corrected chi connectivity index (χ3v) is 10.1. The summed E-state index contributed by atoms with van der Waals surface area (Å²) >= 11 is 0. The molecule has 244 valence electrons. The van der Waals surface area contributed by atoms with Gasteiger partial charge in [-0.2, -0.15) is 0 Å². The van der Waals surface area contributed by atoms with Gasteiger partial charge in [0.15, 0.2) is 0 Å². The van der Waals surface area contributed by atoms with Crippen LogP contribution < -0.4 is 5.32 Å². The maximum absolute atomic E-state index is 13.7. The number of likely N-dealkylation sites (tertiary alicyclic amines) is 1. The number of aromatic nitrogens is 2. The highest BCUT2D eigenvalue weighted by Crippen LogP contribution is 2.41. The number of hydrogen-bond donors (Lipinski definition) is 1. The lowest BCUT2D eigenvalue weighted by Gasteiger charge is -2.34. The topological polar surface area (TPSA) is 68.5 Å². The summed E-state index contributed by atoms with van der Waals surface area (Å²) in [5.74, 6) is 1.19. The van der Waals surface area contributed by atoms with Crippen LogP contribution in [0.25, 0.3) is 28.0 Å². The molecule has 1 N–H and O–H groups in total. The number of aliphatic imine (C=N–C) groups is 1. The van der Waals surface area contributed by atoms with E-state index in [1.165, 1.54) is 12.0 Å². The monoisotopic (exact) mass is 637 g/mol. The van der Waals surface area contributed by atoms with Gasteiger partial charge in [-0.05, 0) is 87.2 Å². The Morgan fingerprint density at radius 1 is 0.771 bits per heavy atom. The number of fused-ring (bicyclic) bond motifs is 3. The predicted molar refractivity (Wildman–Crippen MR) is 195 cm³/mol. The van der Waals surface area contributed by atoms with E-state index in [4.69, 9.17) is 9.98 Å². The predicted octanol–water partition coefficient (Wildman–Crippen LogP) is 7.22. The summed E-state index contributed by atoms with van der Waals surface area (Å²) in [6.07, 6.45) is 5.77. The zero-order chi connectivity index (χ0) is 32.8. The van der Waals surface area contributed by atoms with Crippen LogP contribution in [-0.4, -0.2) is 82.1 Å². The standard InChI is InChI=1S/C40H43N7O/c1-27-11-14-30(39-36(25-38(48)45-17-7-4-8-18-45)47-26-28(2)12-16-37(47)43-39)32(23-27)29-13-15-34-35(24-29)42-40(46-21-19-44(3)20-22-46)31-9-5-6-10-33(31)41-34/h5-6,9-16,23-24,26,41H,4,7-8,17-22,25H2,1-3H3. The van der Waals surface area contributed by atoms with Gasteiger partial charge in [-0.15, -0.1) is 0 Å². The van der Waals surface area contributed by atoms with Crippen molar-refractivity contribution in [2.24, 2.45) is 4.99 Å². The minimum absolute atomic E-state index is 0.175. The summed E-state index contributed by atoms with van der Waals surface area (Å²) in [7, 11) is 2.18. The van der Waals surface area contributed by atoms with Crippen LogP contribution in [0.5, 0.6) is 0 Å². The van der Waals surface area contributed by atoms with Gasteiger partial charge in [-0.25, -0.2) is 9.98 Å². The maximum Gasteiger partial charge on any atom is 0.228 e. The summed E-state index contributed by atoms with van der Waals surface area (Å²) in [6, 6.07) is 25.7. The molecular weight excluding hydrogens is 594 g/mol. The molecule has 0 saturated carbocycles. The molecule has 0 atom stereocenters. The number of imidazole rings is 1. The minimum atomic E-state index is 0.175. The summed E-state index contributed by atoms with van der Waals surface area (Å²) in [4.78, 5) is 31.1. The second-order valence-electron chi connectivity index (χ2n) is 13.6. The number of benzene rings is 3. The van der Waals surface area contributed by atoms with Crippen molar-refractivity contribution in [1.82, 2.24) is 24.1 Å². The lowest BCUT2D eigenvalue weighted by molar-refractivity contribution is -0.131. The van der Waals surface area contributed by atoms with Crippen LogP contribution in [0.4, 0.5) is 17.1 Å². The Morgan fingerprint density at radius 3 is 2.40 bits per heavy atom. The van der Waals surface area contributed by atoms with Crippen molar-refractivity contribution >= 4 is 34.5 Å². The Kier molecular flexibility index (Phi) is 7.96. The van der Waals surface area contributed by atoms with Crippen LogP contribution in [0.1, 0.15) is 41.6 Å². The highest BCUT2D eigenvalue weighted by Gasteiger charge is 2.26. The van der Waals surface area contributed by atoms with E-state index in [9.17, 15) is 4.79 Å². The summed E-state index contributed by atoms with van der Waals surface area (Å²) < 4.78 is 2.13. The molecule has 3 aromatic carbocycles. The van der Waals surface area contributed by atoms with Crippen LogP contribution in [0.2, 0.25) is 0 Å². The largest absolute Gasteiger partial charge is 0.353 e. The van der Waals surface area contributed by atoms with Crippen LogP contribution in [-0.2, 0) is 11.2 Å². The molecular formula is C40H43N7O. The van der Waals surface area contributed by atoms with E-state index in [1.54, 1.807) is 0 Å².